The molecule has 0 saturated carbocycles. The number of ether oxygens (including phenoxy) is 1. The highest BCUT2D eigenvalue weighted by Gasteiger charge is 2.36. The summed E-state index contributed by atoms with van der Waals surface area (Å²) in [4.78, 5) is 76.8. The van der Waals surface area contributed by atoms with Gasteiger partial charge in [0.25, 0.3) is 0 Å². The fourth-order valence-corrected chi connectivity index (χ4v) is 6.50. The molecule has 2 heterocycles. The Labute approximate surface area is 303 Å². The molecule has 0 fully saturated rings. The number of amides is 2. The number of rotatable bonds is 11. The zero-order chi connectivity index (χ0) is 37.0. The Hall–Kier alpha value is -5.90. The topological polar surface area (TPSA) is 138 Å². The molecular formula is C42H42N2O8. The van der Waals surface area contributed by atoms with E-state index < -0.39 is 24.0 Å². The van der Waals surface area contributed by atoms with Gasteiger partial charge in [-0.3, -0.25) is 19.2 Å². The second-order valence-corrected chi connectivity index (χ2v) is 12.7. The van der Waals surface area contributed by atoms with Crippen LogP contribution in [0.1, 0.15) is 75.6 Å². The second kappa shape index (κ2) is 17.8. The van der Waals surface area contributed by atoms with Crippen LogP contribution in [0.4, 0.5) is 0 Å². The van der Waals surface area contributed by atoms with E-state index in [4.69, 9.17) is 4.74 Å². The van der Waals surface area contributed by atoms with E-state index in [9.17, 15) is 33.9 Å². The van der Waals surface area contributed by atoms with Crippen molar-refractivity contribution in [2.24, 2.45) is 0 Å². The number of nitrogens with zero attached hydrogens (tertiary/aromatic N) is 2. The van der Waals surface area contributed by atoms with E-state index >= 15 is 0 Å². The number of benzene rings is 4. The van der Waals surface area contributed by atoms with Crippen LogP contribution < -0.4 is 0 Å². The van der Waals surface area contributed by atoms with Crippen molar-refractivity contribution >= 4 is 35.3 Å². The number of esters is 1. The largest absolute Gasteiger partial charge is 0.480 e. The first kappa shape index (κ1) is 37.4. The molecule has 52 heavy (non-hydrogen) atoms. The molecule has 0 aliphatic carbocycles. The minimum absolute atomic E-state index is 0.0136. The highest BCUT2D eigenvalue weighted by molar-refractivity contribution is 5.99. The number of fused-ring (bicyclic) bond motifs is 2. The van der Waals surface area contributed by atoms with Crippen molar-refractivity contribution in [3.63, 3.8) is 0 Å². The van der Waals surface area contributed by atoms with Crippen LogP contribution in [0.3, 0.4) is 0 Å². The molecule has 0 saturated heterocycles. The fraction of sp³-hybridized carbons (Fsp3) is 0.286. The predicted octanol–water partition coefficient (Wildman–Crippen LogP) is 5.85. The second-order valence-electron chi connectivity index (χ2n) is 12.7. The Morgan fingerprint density at radius 1 is 0.558 bits per heavy atom. The van der Waals surface area contributed by atoms with E-state index in [1.807, 2.05) is 60.7 Å². The minimum atomic E-state index is -1.02. The quantitative estimate of drug-likeness (QED) is 0.152. The van der Waals surface area contributed by atoms with Crippen LogP contribution >= 0.6 is 0 Å². The first-order valence-electron chi connectivity index (χ1n) is 17.4. The van der Waals surface area contributed by atoms with Gasteiger partial charge in [0.15, 0.2) is 11.6 Å². The van der Waals surface area contributed by atoms with Crippen molar-refractivity contribution in [2.75, 3.05) is 6.61 Å². The molecular weight excluding hydrogens is 660 g/mol. The van der Waals surface area contributed by atoms with Crippen molar-refractivity contribution in [1.29, 1.82) is 0 Å². The third kappa shape index (κ3) is 9.45. The summed E-state index contributed by atoms with van der Waals surface area (Å²) in [6.07, 6.45) is 1.02. The maximum atomic E-state index is 12.8. The summed E-state index contributed by atoms with van der Waals surface area (Å²) in [6.45, 7) is 2.65. The van der Waals surface area contributed by atoms with Crippen molar-refractivity contribution in [3.05, 3.63) is 143 Å². The average Bonchev–Trinajstić information content (AvgIpc) is 3.18. The highest BCUT2D eigenvalue weighted by atomic mass is 16.5. The number of hydrogen-bond donors (Lipinski definition) is 1. The Morgan fingerprint density at radius 3 is 1.37 bits per heavy atom. The van der Waals surface area contributed by atoms with Crippen molar-refractivity contribution in [2.45, 2.75) is 70.6 Å². The number of carbonyl (C=O) groups is 6. The summed E-state index contributed by atoms with van der Waals surface area (Å²) in [5.74, 6) is -2.10. The average molecular weight is 703 g/mol. The summed E-state index contributed by atoms with van der Waals surface area (Å²) < 4.78 is 5.17. The van der Waals surface area contributed by atoms with Crippen LogP contribution in [0.25, 0.3) is 0 Å². The fourth-order valence-electron chi connectivity index (χ4n) is 6.50. The monoisotopic (exact) mass is 702 g/mol. The van der Waals surface area contributed by atoms with Gasteiger partial charge in [-0.2, -0.15) is 0 Å². The van der Waals surface area contributed by atoms with Gasteiger partial charge in [-0.15, -0.1) is 0 Å². The molecule has 0 bridgehead atoms. The normalized spacial score (nSPS) is 15.9. The Bertz CT molecular complexity index is 1910. The highest BCUT2D eigenvalue weighted by Crippen LogP contribution is 2.26. The molecule has 1 N–H and O–H groups in total. The number of carboxylic acid groups (broad SMARTS) is 1. The smallest absolute Gasteiger partial charge is 0.329 e. The van der Waals surface area contributed by atoms with E-state index in [2.05, 4.69) is 0 Å². The van der Waals surface area contributed by atoms with Crippen molar-refractivity contribution in [1.82, 2.24) is 9.80 Å². The summed E-state index contributed by atoms with van der Waals surface area (Å²) >= 11 is 0. The first-order chi connectivity index (χ1) is 25.2. The molecule has 0 spiro atoms. The molecule has 2 amide bonds. The molecule has 0 unspecified atom stereocenters. The lowest BCUT2D eigenvalue weighted by Gasteiger charge is -2.35. The van der Waals surface area contributed by atoms with E-state index in [1.165, 1.54) is 4.90 Å². The molecule has 4 aromatic rings. The van der Waals surface area contributed by atoms with Gasteiger partial charge in [0.1, 0.15) is 12.1 Å². The van der Waals surface area contributed by atoms with Crippen LogP contribution in [0.5, 0.6) is 0 Å². The number of carbonyl (C=O) groups excluding carboxylic acids is 5. The van der Waals surface area contributed by atoms with Crippen LogP contribution in [0, 0.1) is 0 Å². The van der Waals surface area contributed by atoms with Crippen molar-refractivity contribution < 1.29 is 38.6 Å². The van der Waals surface area contributed by atoms with Gasteiger partial charge in [0.2, 0.25) is 11.8 Å². The summed E-state index contributed by atoms with van der Waals surface area (Å²) in [5.41, 5.74) is 5.16. The third-order valence-corrected chi connectivity index (χ3v) is 9.30. The number of ketones is 2. The molecule has 2 aliphatic heterocycles. The van der Waals surface area contributed by atoms with Gasteiger partial charge in [0, 0.05) is 62.7 Å². The minimum Gasteiger partial charge on any atom is -0.480 e. The SMILES string of the molecule is CCOC(=O)[C@@H]1Cc2ccccc2CN1C(=O)CCC(=O)c1ccccc1.O=C(CCC(=O)N1Cc2ccccc2C[C@H]1C(=O)O)c1ccccc1. The van der Waals surface area contributed by atoms with Gasteiger partial charge in [0.05, 0.1) is 6.61 Å². The molecule has 2 aliphatic rings. The summed E-state index contributed by atoms with van der Waals surface area (Å²) in [5, 5.41) is 9.48. The van der Waals surface area contributed by atoms with Gasteiger partial charge < -0.3 is 19.6 Å². The summed E-state index contributed by atoms with van der Waals surface area (Å²) in [6, 6.07) is 31.5. The number of aliphatic carboxylic acids is 1. The van der Waals surface area contributed by atoms with Gasteiger partial charge in [-0.25, -0.2) is 9.59 Å². The van der Waals surface area contributed by atoms with Gasteiger partial charge in [-0.05, 0) is 29.2 Å². The van der Waals surface area contributed by atoms with Gasteiger partial charge >= 0.3 is 11.9 Å². The standard InChI is InChI=1S/C22H23NO4.C20H19NO4/c1-2-27-22(26)19-14-17-10-6-7-11-18(17)15-23(19)21(25)13-12-20(24)16-8-4-3-5-9-16;22-18(14-6-2-1-3-7-14)10-11-19(23)21-13-16-9-5-4-8-15(16)12-17(21)20(24)25/h3-11,19H,2,12-15H2,1H3;1-9,17H,10-13H2,(H,24,25)/t19-;17-/m00/s1. The lowest BCUT2D eigenvalue weighted by Crippen LogP contribution is -2.49. The lowest BCUT2D eigenvalue weighted by molar-refractivity contribution is -0.156. The van der Waals surface area contributed by atoms with Crippen LogP contribution in [0.2, 0.25) is 0 Å². The molecule has 4 aromatic carbocycles. The Morgan fingerprint density at radius 2 is 0.942 bits per heavy atom. The zero-order valence-electron chi connectivity index (χ0n) is 29.1. The van der Waals surface area contributed by atoms with E-state index in [1.54, 1.807) is 60.4 Å². The molecule has 2 atom stereocenters. The predicted molar refractivity (Wildman–Crippen MR) is 193 cm³/mol. The molecule has 10 nitrogen and oxygen atoms in total. The van der Waals surface area contributed by atoms with E-state index in [0.717, 1.165) is 22.3 Å². The van der Waals surface area contributed by atoms with Crippen LogP contribution in [-0.2, 0) is 49.8 Å². The molecule has 0 aromatic heterocycles. The van der Waals surface area contributed by atoms with Crippen LogP contribution in [0.15, 0.2) is 109 Å². The molecule has 0 radical (unpaired) electrons. The number of Topliss-reactive ketones (excluding diaryl/α,β-unsaturated/α-hetero) is 2. The zero-order valence-corrected chi connectivity index (χ0v) is 29.1. The summed E-state index contributed by atoms with van der Waals surface area (Å²) in [7, 11) is 0. The molecule has 6 rings (SSSR count). The van der Waals surface area contributed by atoms with E-state index in [0.29, 0.717) is 30.5 Å². The third-order valence-electron chi connectivity index (χ3n) is 9.30. The van der Waals surface area contributed by atoms with E-state index in [-0.39, 0.29) is 62.2 Å². The van der Waals surface area contributed by atoms with Gasteiger partial charge in [-0.1, -0.05) is 109 Å². The van der Waals surface area contributed by atoms with Crippen LogP contribution in [-0.4, -0.2) is 68.9 Å². The number of hydrogen-bond acceptors (Lipinski definition) is 7. The maximum Gasteiger partial charge on any atom is 0.329 e. The number of carboxylic acids is 1. The van der Waals surface area contributed by atoms with Crippen molar-refractivity contribution in [3.8, 4) is 0 Å². The maximum absolute atomic E-state index is 12.8. The lowest BCUT2D eigenvalue weighted by atomic mass is 9.93. The molecule has 10 heteroatoms. The Kier molecular flexibility index (Phi) is 12.8. The first-order valence-corrected chi connectivity index (χ1v) is 17.4. The Balaban J connectivity index is 0.000000202. The molecule has 268 valence electrons.